The van der Waals surface area contributed by atoms with E-state index in [0.29, 0.717) is 34.6 Å². The number of Topliss-reactive ketones (excluding diaryl/α,β-unsaturated/α-hetero) is 1. The maximum atomic E-state index is 13.5. The van der Waals surface area contributed by atoms with Gasteiger partial charge in [0.25, 0.3) is 0 Å². The largest absolute Gasteiger partial charge is 0.504 e. The van der Waals surface area contributed by atoms with E-state index in [1.165, 1.54) is 54.1 Å². The number of thiazole rings is 1. The van der Waals surface area contributed by atoms with Crippen LogP contribution in [-0.4, -0.2) is 120 Å². The molecule has 19 heteroatoms. The summed E-state index contributed by atoms with van der Waals surface area (Å²) in [6.45, 7) is 5.18. The van der Waals surface area contributed by atoms with E-state index >= 15 is 0 Å². The number of phenolic OH excluding ortho intramolecular Hbond substituents is 2. The highest BCUT2D eigenvalue weighted by atomic mass is 32.2. The summed E-state index contributed by atoms with van der Waals surface area (Å²) < 4.78 is 0.519. The number of carbonyl (C=O) groups excluding carboxylic acids is 3. The summed E-state index contributed by atoms with van der Waals surface area (Å²) in [4.78, 5) is 74.1. The molecule has 4 heterocycles. The number of likely N-dealkylation sites (tertiary alicyclic amines) is 1. The van der Waals surface area contributed by atoms with Crippen LogP contribution in [-0.2, 0) is 24.0 Å². The number of phenols is 2. The quantitative estimate of drug-likeness (QED) is 0.0367. The summed E-state index contributed by atoms with van der Waals surface area (Å²) in [7, 11) is 0. The highest BCUT2D eigenvalue weighted by Crippen LogP contribution is 2.46. The first-order valence-corrected chi connectivity index (χ1v) is 17.6. The SMILES string of the molecule is CC(C)(O/N=C(/C(=O)CC1C(=O)N2C(C(=O)O)=C(C[N+]3(CCNC(=O)Nc4ccc(O)c(O)c4)CCCC3)CSC12)c1csc(N)n1)C(=O)O. The van der Waals surface area contributed by atoms with Crippen molar-refractivity contribution in [2.75, 3.05) is 49.5 Å². The molecule has 2 atom stereocenters. The van der Waals surface area contributed by atoms with E-state index < -0.39 is 46.6 Å². The van der Waals surface area contributed by atoms with Gasteiger partial charge in [0.05, 0.1) is 37.5 Å². The highest BCUT2D eigenvalue weighted by Gasteiger charge is 2.55. The summed E-state index contributed by atoms with van der Waals surface area (Å²) in [6, 6.07) is 3.40. The van der Waals surface area contributed by atoms with Gasteiger partial charge in [0.1, 0.15) is 17.9 Å². The average molecular weight is 733 g/mol. The summed E-state index contributed by atoms with van der Waals surface area (Å²) in [6.07, 6.45) is 1.50. The number of nitrogen functional groups attached to an aromatic ring is 1. The van der Waals surface area contributed by atoms with Gasteiger partial charge in [0, 0.05) is 47.7 Å². The first-order chi connectivity index (χ1) is 23.6. The third kappa shape index (κ3) is 7.79. The van der Waals surface area contributed by atoms with Crippen LogP contribution >= 0.6 is 23.1 Å². The molecule has 0 saturated carbocycles. The number of carboxylic acids is 2. The number of quaternary nitrogens is 1. The van der Waals surface area contributed by atoms with Crippen molar-refractivity contribution in [3.8, 4) is 11.5 Å². The minimum Gasteiger partial charge on any atom is -0.504 e. The van der Waals surface area contributed by atoms with Gasteiger partial charge in [-0.1, -0.05) is 5.16 Å². The van der Waals surface area contributed by atoms with Gasteiger partial charge in [0.2, 0.25) is 11.5 Å². The van der Waals surface area contributed by atoms with Gasteiger partial charge in [0.15, 0.2) is 28.1 Å². The Hall–Kier alpha value is -4.88. The smallest absolute Gasteiger partial charge is 0.352 e. The van der Waals surface area contributed by atoms with E-state index in [1.54, 1.807) is 0 Å². The van der Waals surface area contributed by atoms with E-state index in [2.05, 4.69) is 20.8 Å². The van der Waals surface area contributed by atoms with Crippen molar-refractivity contribution in [2.24, 2.45) is 11.1 Å². The van der Waals surface area contributed by atoms with Crippen molar-refractivity contribution in [1.82, 2.24) is 15.2 Å². The van der Waals surface area contributed by atoms with E-state index in [-0.39, 0.29) is 46.7 Å². The fourth-order valence-corrected chi connectivity index (χ4v) is 8.08. The number of β-lactam (4-membered cyclic amide) rings is 1. The lowest BCUT2D eigenvalue weighted by molar-refractivity contribution is -0.911. The van der Waals surface area contributed by atoms with Crippen molar-refractivity contribution in [3.05, 3.63) is 40.5 Å². The number of nitrogens with zero attached hydrogens (tertiary/aromatic N) is 4. The highest BCUT2D eigenvalue weighted by molar-refractivity contribution is 8.00. The van der Waals surface area contributed by atoms with Crippen LogP contribution < -0.4 is 16.4 Å². The molecule has 5 rings (SSSR count). The Morgan fingerprint density at radius 3 is 2.50 bits per heavy atom. The van der Waals surface area contributed by atoms with Crippen molar-refractivity contribution < 1.29 is 53.7 Å². The predicted octanol–water partition coefficient (Wildman–Crippen LogP) is 1.98. The number of thioether (sulfide) groups is 1. The third-order valence-electron chi connectivity index (χ3n) is 8.82. The van der Waals surface area contributed by atoms with Gasteiger partial charge in [-0.3, -0.25) is 14.5 Å². The monoisotopic (exact) mass is 732 g/mol. The number of aliphatic carboxylic acids is 2. The Bertz CT molecular complexity index is 1770. The number of rotatable bonds is 14. The Balaban J connectivity index is 1.26. The van der Waals surface area contributed by atoms with Crippen LogP contribution in [0.5, 0.6) is 11.5 Å². The average Bonchev–Trinajstić information content (AvgIpc) is 3.70. The minimum atomic E-state index is -1.76. The molecule has 3 amide bonds. The number of nitrogens with one attached hydrogen (secondary N) is 2. The molecule has 2 unspecified atom stereocenters. The second-order valence-corrected chi connectivity index (χ2v) is 14.8. The fraction of sp³-hybridized carbons (Fsp3) is 0.452. The van der Waals surface area contributed by atoms with Crippen LogP contribution in [0.3, 0.4) is 0 Å². The molecule has 0 aliphatic carbocycles. The number of carbonyl (C=O) groups is 5. The molecule has 2 aromatic rings. The molecule has 0 radical (unpaired) electrons. The topological polar surface area (TPSA) is 254 Å². The van der Waals surface area contributed by atoms with Crippen molar-refractivity contribution >= 4 is 69.3 Å². The number of hydrogen-bond donors (Lipinski definition) is 7. The number of anilines is 2. The lowest BCUT2D eigenvalue weighted by atomic mass is 9.89. The summed E-state index contributed by atoms with van der Waals surface area (Å²) in [5.41, 5.74) is 4.54. The van der Waals surface area contributed by atoms with E-state index in [1.807, 2.05) is 0 Å². The fourth-order valence-electron chi connectivity index (χ4n) is 6.13. The standard InChI is InChI=1S/C31H37N7O10S2/c1-31(2,28(45)46)48-36-23(19-15-50-29(32)35-19)22(41)12-18-25(42)37-24(27(43)44)16(14-49-26(18)37)13-38(8-3-4-9-38)10-7-33-30(47)34-17-5-6-20(39)21(40)11-17/h5-6,11,15,18,26H,3-4,7-10,12-14H2,1-2H3,(H7-,32,33,34,35,36,39,40,41,43,44,45,46,47)/p+1. The zero-order chi connectivity index (χ0) is 36.4. The van der Waals surface area contributed by atoms with Crippen LogP contribution in [0.2, 0.25) is 0 Å². The molecule has 2 fully saturated rings. The molecular formula is C31H38N7O10S2+. The maximum absolute atomic E-state index is 13.5. The molecule has 3 aliphatic heterocycles. The molecule has 268 valence electrons. The van der Waals surface area contributed by atoms with Crippen molar-refractivity contribution in [1.29, 1.82) is 0 Å². The Kier molecular flexibility index (Phi) is 10.6. The number of ketones is 1. The lowest BCUT2D eigenvalue weighted by Crippen LogP contribution is -2.63. The van der Waals surface area contributed by atoms with Crippen molar-refractivity contribution in [2.45, 2.75) is 44.1 Å². The number of urea groups is 1. The van der Waals surface area contributed by atoms with E-state index in [4.69, 9.17) is 10.6 Å². The van der Waals surface area contributed by atoms with Crippen molar-refractivity contribution in [3.63, 3.8) is 0 Å². The van der Waals surface area contributed by atoms with Crippen LogP contribution in [0.25, 0.3) is 0 Å². The van der Waals surface area contributed by atoms with Gasteiger partial charge < -0.3 is 46.1 Å². The van der Waals surface area contributed by atoms with Crippen LogP contribution in [0, 0.1) is 5.92 Å². The van der Waals surface area contributed by atoms with E-state index in [9.17, 15) is 44.4 Å². The molecule has 3 aliphatic rings. The molecule has 50 heavy (non-hydrogen) atoms. The maximum Gasteiger partial charge on any atom is 0.352 e. The number of amides is 3. The molecular weight excluding hydrogens is 695 g/mol. The van der Waals surface area contributed by atoms with Gasteiger partial charge in [-0.15, -0.1) is 23.1 Å². The minimum absolute atomic E-state index is 0.0678. The molecule has 1 aromatic heterocycles. The first-order valence-electron chi connectivity index (χ1n) is 15.7. The van der Waals surface area contributed by atoms with Gasteiger partial charge in [-0.25, -0.2) is 19.4 Å². The van der Waals surface area contributed by atoms with Crippen LogP contribution in [0.4, 0.5) is 15.6 Å². The molecule has 0 spiro atoms. The number of benzene rings is 1. The number of aromatic hydroxyl groups is 2. The zero-order valence-electron chi connectivity index (χ0n) is 27.2. The molecule has 0 bridgehead atoms. The number of aromatic nitrogens is 1. The Morgan fingerprint density at radius 1 is 1.16 bits per heavy atom. The number of nitrogens with two attached hydrogens (primary N) is 1. The normalized spacial score (nSPS) is 20.2. The molecule has 1 aromatic carbocycles. The van der Waals surface area contributed by atoms with Crippen LogP contribution in [0.15, 0.2) is 40.0 Å². The van der Waals surface area contributed by atoms with Gasteiger partial charge in [-0.05, 0) is 26.0 Å². The molecule has 17 nitrogen and oxygen atoms in total. The second kappa shape index (κ2) is 14.5. The summed E-state index contributed by atoms with van der Waals surface area (Å²) >= 11 is 2.41. The first kappa shape index (κ1) is 36.4. The Labute approximate surface area is 294 Å². The third-order valence-corrected chi connectivity index (χ3v) is 10.9. The number of hydrogen-bond acceptors (Lipinski definition) is 13. The van der Waals surface area contributed by atoms with E-state index in [0.717, 1.165) is 37.3 Å². The number of fused-ring (bicyclic) bond motifs is 1. The number of carboxylic acid groups (broad SMARTS) is 2. The van der Waals surface area contributed by atoms with Gasteiger partial charge >= 0.3 is 18.0 Å². The molecule has 8 N–H and O–H groups in total. The van der Waals surface area contributed by atoms with Gasteiger partial charge in [-0.2, -0.15) is 0 Å². The lowest BCUT2D eigenvalue weighted by Gasteiger charge is -2.50. The predicted molar refractivity (Wildman–Crippen MR) is 182 cm³/mol. The summed E-state index contributed by atoms with van der Waals surface area (Å²) in [5.74, 6) is -4.95. The van der Waals surface area contributed by atoms with Crippen LogP contribution in [0.1, 0.15) is 38.8 Å². The zero-order valence-corrected chi connectivity index (χ0v) is 28.9. The Morgan fingerprint density at radius 2 is 1.88 bits per heavy atom. The molecule has 2 saturated heterocycles. The second-order valence-electron chi connectivity index (χ2n) is 12.8. The number of oxime groups is 1. The summed E-state index contributed by atoms with van der Waals surface area (Å²) in [5, 5.41) is 49.0.